The Kier molecular flexibility index (Phi) is 4.71. The molecule has 1 N–H and O–H groups in total. The largest absolute Gasteiger partial charge is 0.482 e. The average Bonchev–Trinajstić information content (AvgIpc) is 2.47. The maximum absolute atomic E-state index is 11.9. The van der Waals surface area contributed by atoms with Crippen molar-refractivity contribution in [1.29, 1.82) is 0 Å². The molecule has 0 saturated heterocycles. The first-order valence-electron chi connectivity index (χ1n) is 6.62. The highest BCUT2D eigenvalue weighted by molar-refractivity contribution is 5.92. The van der Waals surface area contributed by atoms with E-state index >= 15 is 0 Å². The molecule has 0 atom stereocenters. The molecule has 0 aliphatic rings. The number of aromatic nitrogens is 1. The van der Waals surface area contributed by atoms with E-state index in [0.29, 0.717) is 5.75 Å². The molecule has 0 unspecified atom stereocenters. The van der Waals surface area contributed by atoms with E-state index in [1.165, 1.54) is 0 Å². The minimum atomic E-state index is -0.175. The van der Waals surface area contributed by atoms with Gasteiger partial charge in [-0.15, -0.1) is 0 Å². The molecule has 4 heteroatoms. The lowest BCUT2D eigenvalue weighted by Gasteiger charge is -2.10. The van der Waals surface area contributed by atoms with Crippen molar-refractivity contribution in [3.05, 3.63) is 53.9 Å². The molecular formula is C16H18N2O2. The summed E-state index contributed by atoms with van der Waals surface area (Å²) in [6.07, 6.45) is 2.49. The van der Waals surface area contributed by atoms with Crippen LogP contribution in [0.15, 0.2) is 42.6 Å². The number of nitrogens with zero attached hydrogens (tertiary/aromatic N) is 1. The van der Waals surface area contributed by atoms with Gasteiger partial charge in [-0.25, -0.2) is 0 Å². The minimum absolute atomic E-state index is 0.0250. The molecule has 20 heavy (non-hydrogen) atoms. The number of nitrogens with one attached hydrogen (secondary N) is 1. The average molecular weight is 270 g/mol. The molecule has 2 aromatic rings. The van der Waals surface area contributed by atoms with Crippen LogP contribution in [0.3, 0.4) is 0 Å². The van der Waals surface area contributed by atoms with Crippen molar-refractivity contribution in [2.45, 2.75) is 20.3 Å². The second kappa shape index (κ2) is 6.70. The monoisotopic (exact) mass is 270 g/mol. The maximum Gasteiger partial charge on any atom is 0.262 e. The molecule has 104 valence electrons. The molecule has 0 aliphatic carbocycles. The van der Waals surface area contributed by atoms with E-state index in [0.717, 1.165) is 23.4 Å². The number of anilines is 1. The number of carbonyl (C=O) groups is 1. The number of hydrogen-bond donors (Lipinski definition) is 1. The standard InChI is InChI=1S/C16H18N2O2/c1-3-13-6-4-5-7-15(13)18-16(19)11-20-14-9-8-12(2)17-10-14/h4-10H,3,11H2,1-2H3,(H,18,19). The molecule has 1 heterocycles. The van der Waals surface area contributed by atoms with E-state index < -0.39 is 0 Å². The molecule has 1 amide bonds. The minimum Gasteiger partial charge on any atom is -0.482 e. The first-order valence-corrected chi connectivity index (χ1v) is 6.62. The zero-order valence-corrected chi connectivity index (χ0v) is 11.7. The van der Waals surface area contributed by atoms with Crippen molar-refractivity contribution in [3.63, 3.8) is 0 Å². The van der Waals surface area contributed by atoms with Gasteiger partial charge in [0.05, 0.1) is 6.20 Å². The zero-order valence-electron chi connectivity index (χ0n) is 11.7. The second-order valence-electron chi connectivity index (χ2n) is 4.48. The van der Waals surface area contributed by atoms with Crippen LogP contribution in [0, 0.1) is 6.92 Å². The Balaban J connectivity index is 1.91. The van der Waals surface area contributed by atoms with Crippen LogP contribution in [-0.2, 0) is 11.2 Å². The molecule has 0 fully saturated rings. The van der Waals surface area contributed by atoms with Crippen LogP contribution in [0.5, 0.6) is 5.75 Å². The van der Waals surface area contributed by atoms with Gasteiger partial charge in [-0.2, -0.15) is 0 Å². The molecular weight excluding hydrogens is 252 g/mol. The quantitative estimate of drug-likeness (QED) is 0.908. The molecule has 0 spiro atoms. The van der Waals surface area contributed by atoms with Gasteiger partial charge in [0, 0.05) is 11.4 Å². The Bertz CT molecular complexity index is 579. The van der Waals surface area contributed by atoms with Gasteiger partial charge in [-0.05, 0) is 37.1 Å². The topological polar surface area (TPSA) is 51.2 Å². The van der Waals surface area contributed by atoms with Crippen molar-refractivity contribution in [2.75, 3.05) is 11.9 Å². The predicted molar refractivity (Wildman–Crippen MR) is 78.9 cm³/mol. The summed E-state index contributed by atoms with van der Waals surface area (Å²) in [5, 5.41) is 2.86. The lowest BCUT2D eigenvalue weighted by Crippen LogP contribution is -2.20. The Labute approximate surface area is 118 Å². The maximum atomic E-state index is 11.9. The van der Waals surface area contributed by atoms with E-state index in [1.54, 1.807) is 12.3 Å². The smallest absolute Gasteiger partial charge is 0.262 e. The normalized spacial score (nSPS) is 10.1. The lowest BCUT2D eigenvalue weighted by molar-refractivity contribution is -0.118. The highest BCUT2D eigenvalue weighted by Gasteiger charge is 2.06. The van der Waals surface area contributed by atoms with Crippen molar-refractivity contribution >= 4 is 11.6 Å². The third-order valence-electron chi connectivity index (χ3n) is 2.93. The van der Waals surface area contributed by atoms with Crippen molar-refractivity contribution in [1.82, 2.24) is 4.98 Å². The Morgan fingerprint density at radius 3 is 2.75 bits per heavy atom. The molecule has 0 saturated carbocycles. The van der Waals surface area contributed by atoms with Gasteiger partial charge >= 0.3 is 0 Å². The summed E-state index contributed by atoms with van der Waals surface area (Å²) in [7, 11) is 0. The van der Waals surface area contributed by atoms with Gasteiger partial charge in [0.1, 0.15) is 5.75 Å². The van der Waals surface area contributed by atoms with Crippen LogP contribution in [0.2, 0.25) is 0 Å². The fourth-order valence-electron chi connectivity index (χ4n) is 1.83. The number of ether oxygens (including phenoxy) is 1. The first kappa shape index (κ1) is 14.1. The fraction of sp³-hybridized carbons (Fsp3) is 0.250. The Morgan fingerprint density at radius 2 is 2.05 bits per heavy atom. The van der Waals surface area contributed by atoms with E-state index in [9.17, 15) is 4.79 Å². The van der Waals surface area contributed by atoms with Crippen LogP contribution < -0.4 is 10.1 Å². The van der Waals surface area contributed by atoms with Crippen LogP contribution in [-0.4, -0.2) is 17.5 Å². The van der Waals surface area contributed by atoms with E-state index in [4.69, 9.17) is 4.74 Å². The summed E-state index contributed by atoms with van der Waals surface area (Å²) in [6, 6.07) is 11.4. The molecule has 0 aliphatic heterocycles. The number of rotatable bonds is 5. The van der Waals surface area contributed by atoms with Gasteiger partial charge < -0.3 is 10.1 Å². The number of para-hydroxylation sites is 1. The van der Waals surface area contributed by atoms with Crippen molar-refractivity contribution in [2.24, 2.45) is 0 Å². The van der Waals surface area contributed by atoms with Crippen molar-refractivity contribution < 1.29 is 9.53 Å². The summed E-state index contributed by atoms with van der Waals surface area (Å²) in [4.78, 5) is 16.0. The van der Waals surface area contributed by atoms with Gasteiger partial charge in [0.15, 0.2) is 6.61 Å². The number of pyridine rings is 1. The van der Waals surface area contributed by atoms with Gasteiger partial charge in [0.25, 0.3) is 5.91 Å². The van der Waals surface area contributed by atoms with E-state index in [1.807, 2.05) is 37.3 Å². The van der Waals surface area contributed by atoms with Gasteiger partial charge in [-0.3, -0.25) is 9.78 Å². The molecule has 0 bridgehead atoms. The predicted octanol–water partition coefficient (Wildman–Crippen LogP) is 2.97. The van der Waals surface area contributed by atoms with Crippen LogP contribution in [0.4, 0.5) is 5.69 Å². The summed E-state index contributed by atoms with van der Waals surface area (Å²) >= 11 is 0. The molecule has 1 aromatic carbocycles. The van der Waals surface area contributed by atoms with E-state index in [2.05, 4.69) is 17.2 Å². The summed E-state index contributed by atoms with van der Waals surface area (Å²) in [6.45, 7) is 3.93. The van der Waals surface area contributed by atoms with Crippen LogP contribution in [0.25, 0.3) is 0 Å². The summed E-state index contributed by atoms with van der Waals surface area (Å²) in [5.74, 6) is 0.418. The van der Waals surface area contributed by atoms with E-state index in [-0.39, 0.29) is 12.5 Å². The first-order chi connectivity index (χ1) is 9.69. The summed E-state index contributed by atoms with van der Waals surface area (Å²) in [5.41, 5.74) is 2.86. The molecule has 4 nitrogen and oxygen atoms in total. The Hall–Kier alpha value is -2.36. The molecule has 0 radical (unpaired) electrons. The summed E-state index contributed by atoms with van der Waals surface area (Å²) < 4.78 is 5.39. The number of amides is 1. The third kappa shape index (κ3) is 3.82. The van der Waals surface area contributed by atoms with Gasteiger partial charge in [-0.1, -0.05) is 25.1 Å². The number of hydrogen-bond acceptors (Lipinski definition) is 3. The zero-order chi connectivity index (χ0) is 14.4. The van der Waals surface area contributed by atoms with Crippen molar-refractivity contribution in [3.8, 4) is 5.75 Å². The van der Waals surface area contributed by atoms with Crippen LogP contribution >= 0.6 is 0 Å². The second-order valence-corrected chi connectivity index (χ2v) is 4.48. The van der Waals surface area contributed by atoms with Crippen LogP contribution in [0.1, 0.15) is 18.2 Å². The third-order valence-corrected chi connectivity index (χ3v) is 2.93. The highest BCUT2D eigenvalue weighted by Crippen LogP contribution is 2.15. The lowest BCUT2D eigenvalue weighted by atomic mass is 10.1. The Morgan fingerprint density at radius 1 is 1.25 bits per heavy atom. The van der Waals surface area contributed by atoms with Gasteiger partial charge in [0.2, 0.25) is 0 Å². The fourth-order valence-corrected chi connectivity index (χ4v) is 1.83. The SMILES string of the molecule is CCc1ccccc1NC(=O)COc1ccc(C)nc1. The number of benzene rings is 1. The molecule has 1 aromatic heterocycles. The molecule has 2 rings (SSSR count). The number of carbonyl (C=O) groups excluding carboxylic acids is 1. The highest BCUT2D eigenvalue weighted by atomic mass is 16.5. The number of aryl methyl sites for hydroxylation is 2.